The third-order valence-corrected chi connectivity index (χ3v) is 6.18. The Kier molecular flexibility index (Phi) is 7.68. The molecular weight excluding hydrogens is 478 g/mol. The topological polar surface area (TPSA) is 155 Å². The SMILES string of the molecule is COC(=O)C(CNCc1ccccc1)n1c(=O)n2n(c1=O)C(C(=O)NCc1ccc(N)nc1C)C=CC2. The number of aryl methyl sites for hydroxylation is 1. The molecule has 0 fully saturated rings. The fraction of sp³-hybridized carbons (Fsp3) is 0.320. The zero-order valence-corrected chi connectivity index (χ0v) is 20.6. The van der Waals surface area contributed by atoms with Crippen molar-refractivity contribution in [3.8, 4) is 0 Å². The Hall–Kier alpha value is -4.45. The molecule has 1 aromatic carbocycles. The van der Waals surface area contributed by atoms with Gasteiger partial charge < -0.3 is 21.1 Å². The molecule has 2 aromatic heterocycles. The standard InChI is InChI=1S/C25H29N7O5/c1-16-18(10-11-21(26)29-16)14-28-22(33)19-9-6-12-30-24(35)31(25(36)32(19)30)20(23(34)37-2)15-27-13-17-7-4-3-5-8-17/h3-11,19-20,27H,12-15H2,1-2H3,(H2,26,29)(H,28,33). The minimum absolute atomic E-state index is 0.0194. The van der Waals surface area contributed by atoms with E-state index < -0.39 is 35.3 Å². The number of benzene rings is 1. The molecule has 4 rings (SSSR count). The largest absolute Gasteiger partial charge is 0.467 e. The van der Waals surface area contributed by atoms with Crippen LogP contribution in [-0.4, -0.2) is 44.4 Å². The van der Waals surface area contributed by atoms with Gasteiger partial charge in [-0.3, -0.25) is 4.79 Å². The maximum atomic E-state index is 13.4. The highest BCUT2D eigenvalue weighted by Crippen LogP contribution is 2.14. The predicted octanol–water partition coefficient (Wildman–Crippen LogP) is 0.0283. The first-order chi connectivity index (χ1) is 17.8. The molecule has 1 aliphatic heterocycles. The fourth-order valence-electron chi connectivity index (χ4n) is 4.23. The van der Waals surface area contributed by atoms with Crippen LogP contribution in [0.25, 0.3) is 0 Å². The average Bonchev–Trinajstić information content (AvgIpc) is 3.16. The van der Waals surface area contributed by atoms with Crippen LogP contribution in [0, 0.1) is 6.92 Å². The summed E-state index contributed by atoms with van der Waals surface area (Å²) >= 11 is 0. The summed E-state index contributed by atoms with van der Waals surface area (Å²) < 4.78 is 7.94. The molecule has 1 amide bonds. The number of allylic oxidation sites excluding steroid dienone is 1. The first-order valence-corrected chi connectivity index (χ1v) is 11.7. The lowest BCUT2D eigenvalue weighted by Crippen LogP contribution is -2.43. The number of carbonyl (C=O) groups is 2. The maximum Gasteiger partial charge on any atom is 0.349 e. The highest BCUT2D eigenvalue weighted by Gasteiger charge is 2.33. The fourth-order valence-corrected chi connectivity index (χ4v) is 4.23. The zero-order chi connectivity index (χ0) is 26.5. The van der Waals surface area contributed by atoms with Gasteiger partial charge in [0.1, 0.15) is 5.82 Å². The van der Waals surface area contributed by atoms with Crippen LogP contribution in [-0.2, 0) is 34.0 Å². The van der Waals surface area contributed by atoms with Gasteiger partial charge in [-0.15, -0.1) is 0 Å². The third-order valence-electron chi connectivity index (χ3n) is 6.18. The molecule has 0 saturated heterocycles. The lowest BCUT2D eigenvalue weighted by Gasteiger charge is -2.20. The number of hydrogen-bond donors (Lipinski definition) is 3. The molecule has 12 heteroatoms. The van der Waals surface area contributed by atoms with Gasteiger partial charge in [-0.05, 0) is 24.1 Å². The number of aromatic nitrogens is 4. The number of pyridine rings is 1. The predicted molar refractivity (Wildman–Crippen MR) is 136 cm³/mol. The maximum absolute atomic E-state index is 13.4. The number of fused-ring (bicyclic) bond motifs is 1. The van der Waals surface area contributed by atoms with Crippen molar-refractivity contribution in [2.75, 3.05) is 19.4 Å². The van der Waals surface area contributed by atoms with Crippen molar-refractivity contribution in [3.05, 3.63) is 92.4 Å². The molecule has 2 atom stereocenters. The van der Waals surface area contributed by atoms with Crippen LogP contribution in [0.3, 0.4) is 0 Å². The first-order valence-electron chi connectivity index (χ1n) is 11.7. The van der Waals surface area contributed by atoms with Crippen LogP contribution >= 0.6 is 0 Å². The molecule has 3 aromatic rings. The second-order valence-corrected chi connectivity index (χ2v) is 8.59. The number of carbonyl (C=O) groups excluding carboxylic acids is 2. The quantitative estimate of drug-likeness (QED) is 0.271. The van der Waals surface area contributed by atoms with Crippen LogP contribution in [0.15, 0.2) is 64.2 Å². The van der Waals surface area contributed by atoms with Crippen molar-refractivity contribution in [3.63, 3.8) is 0 Å². The van der Waals surface area contributed by atoms with Gasteiger partial charge in [-0.1, -0.05) is 48.6 Å². The number of nitrogens with one attached hydrogen (secondary N) is 2. The van der Waals surface area contributed by atoms with Crippen molar-refractivity contribution in [2.24, 2.45) is 0 Å². The van der Waals surface area contributed by atoms with Gasteiger partial charge in [-0.2, -0.15) is 0 Å². The lowest BCUT2D eigenvalue weighted by molar-refractivity contribution is -0.144. The molecule has 0 spiro atoms. The van der Waals surface area contributed by atoms with E-state index in [-0.39, 0.29) is 19.6 Å². The van der Waals surface area contributed by atoms with Gasteiger partial charge in [0, 0.05) is 25.3 Å². The van der Waals surface area contributed by atoms with E-state index in [1.807, 2.05) is 30.3 Å². The van der Waals surface area contributed by atoms with Crippen LogP contribution in [0.2, 0.25) is 0 Å². The second-order valence-electron chi connectivity index (χ2n) is 8.59. The van der Waals surface area contributed by atoms with Crippen LogP contribution < -0.4 is 27.7 Å². The zero-order valence-electron chi connectivity index (χ0n) is 20.6. The normalized spacial score (nSPS) is 15.1. The summed E-state index contributed by atoms with van der Waals surface area (Å²) in [6, 6.07) is 10.6. The van der Waals surface area contributed by atoms with Crippen molar-refractivity contribution >= 4 is 17.7 Å². The first kappa shape index (κ1) is 25.6. The molecule has 37 heavy (non-hydrogen) atoms. The minimum atomic E-state index is -1.22. The summed E-state index contributed by atoms with van der Waals surface area (Å²) in [6.45, 7) is 2.42. The van der Waals surface area contributed by atoms with E-state index in [0.717, 1.165) is 25.1 Å². The molecule has 194 valence electrons. The van der Waals surface area contributed by atoms with Gasteiger partial charge in [-0.25, -0.2) is 33.3 Å². The molecule has 0 bridgehead atoms. The number of methoxy groups -OCH3 is 1. The highest BCUT2D eigenvalue weighted by molar-refractivity contribution is 5.82. The molecular formula is C25H29N7O5. The van der Waals surface area contributed by atoms with E-state index >= 15 is 0 Å². The lowest BCUT2D eigenvalue weighted by atomic mass is 10.2. The summed E-state index contributed by atoms with van der Waals surface area (Å²) in [7, 11) is 1.19. The van der Waals surface area contributed by atoms with Crippen LogP contribution in [0.5, 0.6) is 0 Å². The number of rotatable bonds is 9. The Labute approximate surface area is 212 Å². The number of amides is 1. The number of nitrogens with zero attached hydrogens (tertiary/aromatic N) is 4. The number of nitrogens with two attached hydrogens (primary N) is 1. The Morgan fingerprint density at radius 1 is 1.14 bits per heavy atom. The molecule has 4 N–H and O–H groups in total. The second kappa shape index (κ2) is 11.1. The smallest absolute Gasteiger partial charge is 0.349 e. The van der Waals surface area contributed by atoms with Crippen LogP contribution in [0.1, 0.15) is 28.9 Å². The molecule has 0 aliphatic carbocycles. The Bertz CT molecular complexity index is 1440. The molecule has 0 radical (unpaired) electrons. The summed E-state index contributed by atoms with van der Waals surface area (Å²) in [5.74, 6) is -0.862. The summed E-state index contributed by atoms with van der Waals surface area (Å²) in [6.07, 6.45) is 3.18. The Morgan fingerprint density at radius 2 is 1.89 bits per heavy atom. The summed E-state index contributed by atoms with van der Waals surface area (Å²) in [4.78, 5) is 56.5. The number of ether oxygens (including phenoxy) is 1. The van der Waals surface area contributed by atoms with Gasteiger partial charge in [0.25, 0.3) is 0 Å². The van der Waals surface area contributed by atoms with E-state index in [1.165, 1.54) is 7.11 Å². The Morgan fingerprint density at radius 3 is 2.59 bits per heavy atom. The van der Waals surface area contributed by atoms with E-state index in [4.69, 9.17) is 10.5 Å². The molecule has 0 saturated carbocycles. The third kappa shape index (κ3) is 5.38. The van der Waals surface area contributed by atoms with E-state index in [9.17, 15) is 19.2 Å². The molecule has 12 nitrogen and oxygen atoms in total. The average molecular weight is 508 g/mol. The van der Waals surface area contributed by atoms with Crippen LogP contribution in [0.4, 0.5) is 5.82 Å². The van der Waals surface area contributed by atoms with E-state index in [1.54, 1.807) is 31.2 Å². The van der Waals surface area contributed by atoms with E-state index in [2.05, 4.69) is 15.6 Å². The molecule has 3 heterocycles. The van der Waals surface area contributed by atoms with Gasteiger partial charge in [0.05, 0.1) is 13.7 Å². The number of hydrogen-bond acceptors (Lipinski definition) is 8. The van der Waals surface area contributed by atoms with Crippen molar-refractivity contribution < 1.29 is 14.3 Å². The van der Waals surface area contributed by atoms with E-state index in [0.29, 0.717) is 18.1 Å². The van der Waals surface area contributed by atoms with Crippen molar-refractivity contribution in [1.29, 1.82) is 0 Å². The van der Waals surface area contributed by atoms with Crippen molar-refractivity contribution in [2.45, 2.75) is 38.6 Å². The van der Waals surface area contributed by atoms with Gasteiger partial charge in [0.2, 0.25) is 5.91 Å². The minimum Gasteiger partial charge on any atom is -0.467 e. The van der Waals surface area contributed by atoms with Crippen molar-refractivity contribution in [1.82, 2.24) is 29.5 Å². The summed E-state index contributed by atoms with van der Waals surface area (Å²) in [5.41, 5.74) is 6.60. The summed E-state index contributed by atoms with van der Waals surface area (Å²) in [5, 5.41) is 5.89. The van der Waals surface area contributed by atoms with Gasteiger partial charge in [0.15, 0.2) is 12.1 Å². The molecule has 1 aliphatic rings. The molecule has 2 unspecified atom stereocenters. The Balaban J connectivity index is 1.58. The number of anilines is 1. The number of nitrogen functional groups attached to an aromatic ring is 1. The number of esters is 1. The van der Waals surface area contributed by atoms with Gasteiger partial charge >= 0.3 is 17.3 Å². The highest BCUT2D eigenvalue weighted by atomic mass is 16.5. The monoisotopic (exact) mass is 507 g/mol.